The summed E-state index contributed by atoms with van der Waals surface area (Å²) in [4.78, 5) is 23.0. The number of hydrogen-bond donors (Lipinski definition) is 0. The first-order valence-corrected chi connectivity index (χ1v) is 4.72. The van der Waals surface area contributed by atoms with Crippen LogP contribution in [0.4, 0.5) is 0 Å². The van der Waals surface area contributed by atoms with Crippen LogP contribution >= 0.6 is 0 Å². The van der Waals surface area contributed by atoms with E-state index >= 15 is 0 Å². The van der Waals surface area contributed by atoms with Crippen molar-refractivity contribution < 1.29 is 9.59 Å². The van der Waals surface area contributed by atoms with Crippen molar-refractivity contribution in [3.63, 3.8) is 0 Å². The molecule has 0 aliphatic carbocycles. The third-order valence-electron chi connectivity index (χ3n) is 2.13. The van der Waals surface area contributed by atoms with Gasteiger partial charge >= 0.3 is 0 Å². The van der Waals surface area contributed by atoms with Gasteiger partial charge in [-0.15, -0.1) is 0 Å². The van der Waals surface area contributed by atoms with Gasteiger partial charge in [0.15, 0.2) is 0 Å². The molecule has 0 aromatic heterocycles. The highest BCUT2D eigenvalue weighted by molar-refractivity contribution is 6.02. The maximum Gasteiger partial charge on any atom is 0.146 e. The molecule has 0 rings (SSSR count). The minimum atomic E-state index is -0.451. The number of carbonyl (C=O) groups is 2. The van der Waals surface area contributed by atoms with Crippen molar-refractivity contribution in [3.05, 3.63) is 0 Å². The van der Waals surface area contributed by atoms with Crippen LogP contribution in [0.3, 0.4) is 0 Å². The molecule has 0 bridgehead atoms. The first kappa shape index (κ1) is 12.3. The number of ketones is 2. The molecular weight excluding hydrogens is 164 g/mol. The van der Waals surface area contributed by atoms with E-state index < -0.39 is 5.92 Å². The fourth-order valence-electron chi connectivity index (χ4n) is 1.57. The molecule has 0 fully saturated rings. The largest absolute Gasteiger partial charge is 0.299 e. The third kappa shape index (κ3) is 3.29. The molecule has 1 atom stereocenters. The summed E-state index contributed by atoms with van der Waals surface area (Å²) in [6, 6.07) is 0. The first-order valence-electron chi connectivity index (χ1n) is 4.72. The zero-order valence-corrected chi connectivity index (χ0v) is 9.47. The van der Waals surface area contributed by atoms with Crippen molar-refractivity contribution in [1.29, 1.82) is 0 Å². The summed E-state index contributed by atoms with van der Waals surface area (Å²) in [5.41, 5.74) is -0.257. The number of Topliss-reactive ketones (excluding diaryl/α,β-unsaturated/α-hetero) is 2. The predicted molar refractivity (Wildman–Crippen MR) is 53.5 cm³/mol. The van der Waals surface area contributed by atoms with Gasteiger partial charge in [0.05, 0.1) is 5.92 Å². The molecule has 0 aromatic rings. The van der Waals surface area contributed by atoms with Gasteiger partial charge in [-0.2, -0.15) is 0 Å². The lowest BCUT2D eigenvalue weighted by atomic mass is 9.73. The highest BCUT2D eigenvalue weighted by Gasteiger charge is 2.35. The van der Waals surface area contributed by atoms with E-state index in [1.54, 1.807) is 0 Å². The molecule has 0 saturated carbocycles. The van der Waals surface area contributed by atoms with E-state index in [4.69, 9.17) is 0 Å². The van der Waals surface area contributed by atoms with Crippen molar-refractivity contribution in [1.82, 2.24) is 0 Å². The number of rotatable bonds is 3. The first-order chi connectivity index (χ1) is 5.68. The molecule has 0 aromatic carbocycles. The molecule has 0 spiro atoms. The summed E-state index contributed by atoms with van der Waals surface area (Å²) in [7, 11) is 0. The molecule has 0 aliphatic rings. The highest BCUT2D eigenvalue weighted by atomic mass is 16.1. The van der Waals surface area contributed by atoms with Gasteiger partial charge in [0.2, 0.25) is 0 Å². The lowest BCUT2D eigenvalue weighted by molar-refractivity contribution is -0.137. The van der Waals surface area contributed by atoms with Gasteiger partial charge in [-0.05, 0) is 12.3 Å². The molecule has 0 amide bonds. The molecule has 13 heavy (non-hydrogen) atoms. The summed E-state index contributed by atoms with van der Waals surface area (Å²) in [6.07, 6.45) is 0. The smallest absolute Gasteiger partial charge is 0.146 e. The Morgan fingerprint density at radius 1 is 1.08 bits per heavy atom. The van der Waals surface area contributed by atoms with Crippen molar-refractivity contribution in [2.45, 2.75) is 41.5 Å². The molecule has 0 saturated heterocycles. The minimum absolute atomic E-state index is 0.0220. The number of carbonyl (C=O) groups excluding carboxylic acids is 2. The van der Waals surface area contributed by atoms with Crippen LogP contribution in [0.25, 0.3) is 0 Å². The topological polar surface area (TPSA) is 34.1 Å². The van der Waals surface area contributed by atoms with Crippen LogP contribution < -0.4 is 0 Å². The summed E-state index contributed by atoms with van der Waals surface area (Å²) >= 11 is 0. The Balaban J connectivity index is 4.84. The molecule has 0 radical (unpaired) electrons. The molecular formula is C11H20O2. The average Bonchev–Trinajstić information content (AvgIpc) is 1.82. The van der Waals surface area contributed by atoms with Crippen molar-refractivity contribution in [2.75, 3.05) is 0 Å². The maximum absolute atomic E-state index is 11.7. The monoisotopic (exact) mass is 184 g/mol. The van der Waals surface area contributed by atoms with Crippen LogP contribution in [-0.2, 0) is 9.59 Å². The van der Waals surface area contributed by atoms with Crippen LogP contribution in [0, 0.1) is 17.3 Å². The van der Waals surface area contributed by atoms with E-state index in [-0.39, 0.29) is 22.9 Å². The Bertz CT molecular complexity index is 209. The fourth-order valence-corrected chi connectivity index (χ4v) is 1.57. The normalized spacial score (nSPS) is 14.4. The third-order valence-corrected chi connectivity index (χ3v) is 2.13. The fraction of sp³-hybridized carbons (Fsp3) is 0.818. The van der Waals surface area contributed by atoms with Crippen molar-refractivity contribution in [2.24, 2.45) is 17.3 Å². The van der Waals surface area contributed by atoms with E-state index in [1.807, 2.05) is 34.6 Å². The zero-order chi connectivity index (χ0) is 10.8. The Morgan fingerprint density at radius 2 is 1.46 bits per heavy atom. The van der Waals surface area contributed by atoms with Crippen LogP contribution in [0.1, 0.15) is 41.5 Å². The SMILES string of the molecule is CC(=O)C(C(=O)C(C)C)C(C)(C)C. The van der Waals surface area contributed by atoms with Crippen molar-refractivity contribution in [3.8, 4) is 0 Å². The molecule has 0 N–H and O–H groups in total. The predicted octanol–water partition coefficient (Wildman–Crippen LogP) is 2.46. The average molecular weight is 184 g/mol. The van der Waals surface area contributed by atoms with E-state index in [2.05, 4.69) is 0 Å². The van der Waals surface area contributed by atoms with Gasteiger partial charge in [0.25, 0.3) is 0 Å². The van der Waals surface area contributed by atoms with Crippen molar-refractivity contribution >= 4 is 11.6 Å². The Morgan fingerprint density at radius 3 is 1.54 bits per heavy atom. The zero-order valence-electron chi connectivity index (χ0n) is 9.47. The van der Waals surface area contributed by atoms with Gasteiger partial charge in [0, 0.05) is 5.92 Å². The standard InChI is InChI=1S/C11H20O2/c1-7(2)10(13)9(8(3)12)11(4,5)6/h7,9H,1-6H3. The molecule has 2 nitrogen and oxygen atoms in total. The van der Waals surface area contributed by atoms with Crippen LogP contribution in [0.2, 0.25) is 0 Å². The quantitative estimate of drug-likeness (QED) is 0.631. The molecule has 76 valence electrons. The summed E-state index contributed by atoms with van der Waals surface area (Å²) in [6.45, 7) is 11.0. The Kier molecular flexibility index (Phi) is 3.83. The van der Waals surface area contributed by atoms with E-state index in [0.29, 0.717) is 0 Å². The van der Waals surface area contributed by atoms with E-state index in [1.165, 1.54) is 6.92 Å². The Labute approximate surface area is 80.7 Å². The van der Waals surface area contributed by atoms with Gasteiger partial charge in [-0.1, -0.05) is 34.6 Å². The minimum Gasteiger partial charge on any atom is -0.299 e. The van der Waals surface area contributed by atoms with Gasteiger partial charge < -0.3 is 0 Å². The number of hydrogen-bond acceptors (Lipinski definition) is 2. The Hall–Kier alpha value is -0.660. The molecule has 0 aliphatic heterocycles. The van der Waals surface area contributed by atoms with E-state index in [9.17, 15) is 9.59 Å². The molecule has 2 heteroatoms. The summed E-state index contributed by atoms with van der Waals surface area (Å²) < 4.78 is 0. The van der Waals surface area contributed by atoms with Crippen LogP contribution in [0.15, 0.2) is 0 Å². The lowest BCUT2D eigenvalue weighted by Gasteiger charge is -2.28. The second-order valence-electron chi connectivity index (χ2n) is 4.97. The van der Waals surface area contributed by atoms with Crippen LogP contribution in [-0.4, -0.2) is 11.6 Å². The highest BCUT2D eigenvalue weighted by Crippen LogP contribution is 2.29. The summed E-state index contributed by atoms with van der Waals surface area (Å²) in [5.74, 6) is -0.480. The lowest BCUT2D eigenvalue weighted by Crippen LogP contribution is -2.36. The second kappa shape index (κ2) is 4.03. The van der Waals surface area contributed by atoms with Crippen LogP contribution in [0.5, 0.6) is 0 Å². The molecule has 1 unspecified atom stereocenters. The summed E-state index contributed by atoms with van der Waals surface area (Å²) in [5, 5.41) is 0. The maximum atomic E-state index is 11.7. The van der Waals surface area contributed by atoms with Gasteiger partial charge in [-0.25, -0.2) is 0 Å². The van der Waals surface area contributed by atoms with E-state index in [0.717, 1.165) is 0 Å². The second-order valence-corrected chi connectivity index (χ2v) is 4.97. The molecule has 0 heterocycles. The van der Waals surface area contributed by atoms with Gasteiger partial charge in [0.1, 0.15) is 11.6 Å². The van der Waals surface area contributed by atoms with Gasteiger partial charge in [-0.3, -0.25) is 9.59 Å².